The molecule has 4 rings (SSSR count). The van der Waals surface area contributed by atoms with E-state index in [1.54, 1.807) is 24.1 Å². The first kappa shape index (κ1) is 15.4. The van der Waals surface area contributed by atoms with Crippen LogP contribution in [-0.4, -0.2) is 38.3 Å². The zero-order valence-corrected chi connectivity index (χ0v) is 14.0. The largest absolute Gasteiger partial charge is 0.477 e. The molecule has 0 bridgehead atoms. The predicted octanol–water partition coefficient (Wildman–Crippen LogP) is 3.29. The molecule has 0 spiro atoms. The van der Waals surface area contributed by atoms with E-state index in [-0.39, 0.29) is 22.2 Å². The first-order valence-electron chi connectivity index (χ1n) is 7.34. The van der Waals surface area contributed by atoms with Gasteiger partial charge in [-0.3, -0.25) is 9.69 Å². The molecule has 24 heavy (non-hydrogen) atoms. The van der Waals surface area contributed by atoms with Crippen LogP contribution in [0.5, 0.6) is 0 Å². The third kappa shape index (κ3) is 2.53. The number of carboxylic acids is 1. The van der Waals surface area contributed by atoms with E-state index >= 15 is 0 Å². The maximum Gasteiger partial charge on any atom is 0.352 e. The van der Waals surface area contributed by atoms with Gasteiger partial charge in [0.15, 0.2) is 0 Å². The number of aliphatic carboxylic acids is 1. The summed E-state index contributed by atoms with van der Waals surface area (Å²) < 4.78 is 5.36. The van der Waals surface area contributed by atoms with Gasteiger partial charge in [-0.05, 0) is 30.3 Å². The smallest absolute Gasteiger partial charge is 0.352 e. The highest BCUT2D eigenvalue weighted by Gasteiger charge is 2.52. The quantitative estimate of drug-likeness (QED) is 0.845. The van der Waals surface area contributed by atoms with Crippen LogP contribution in [0.15, 0.2) is 63.7 Å². The van der Waals surface area contributed by atoms with E-state index in [9.17, 15) is 14.7 Å². The van der Waals surface area contributed by atoms with Crippen molar-refractivity contribution >= 4 is 35.4 Å². The summed E-state index contributed by atoms with van der Waals surface area (Å²) in [5.74, 6) is 0.238. The molecule has 0 radical (unpaired) electrons. The van der Waals surface area contributed by atoms with E-state index in [0.717, 1.165) is 16.2 Å². The fraction of sp³-hybridized carbons (Fsp3) is 0.176. The van der Waals surface area contributed by atoms with Gasteiger partial charge in [-0.1, -0.05) is 12.1 Å². The highest BCUT2D eigenvalue weighted by Crippen LogP contribution is 2.45. The molecule has 1 fully saturated rings. The van der Waals surface area contributed by atoms with E-state index in [1.807, 2.05) is 36.4 Å². The molecule has 2 atom stereocenters. The normalized spacial score (nSPS) is 22.6. The van der Waals surface area contributed by atoms with Crippen molar-refractivity contribution in [3.05, 3.63) is 54.4 Å². The predicted molar refractivity (Wildman–Crippen MR) is 92.6 cm³/mol. The highest BCUT2D eigenvalue weighted by atomic mass is 32.2. The lowest BCUT2D eigenvalue weighted by Gasteiger charge is -2.47. The number of rotatable bonds is 4. The number of amides is 1. The van der Waals surface area contributed by atoms with Crippen molar-refractivity contribution in [1.82, 2.24) is 4.90 Å². The lowest BCUT2D eigenvalue weighted by molar-refractivity contribution is -0.145. The molecule has 1 aromatic carbocycles. The third-order valence-electron chi connectivity index (χ3n) is 3.94. The van der Waals surface area contributed by atoms with Gasteiger partial charge in [-0.2, -0.15) is 0 Å². The Balaban J connectivity index is 1.48. The molecule has 122 valence electrons. The number of β-lactam (4-membered cyclic amide) rings is 1. The van der Waals surface area contributed by atoms with Crippen molar-refractivity contribution in [3.63, 3.8) is 0 Å². The van der Waals surface area contributed by atoms with Gasteiger partial charge in [0, 0.05) is 16.2 Å². The van der Waals surface area contributed by atoms with E-state index in [1.165, 1.54) is 16.7 Å². The summed E-state index contributed by atoms with van der Waals surface area (Å²) in [6.07, 6.45) is 3.23. The number of thioether (sulfide) groups is 2. The second kappa shape index (κ2) is 6.07. The molecule has 3 heterocycles. The Labute approximate surface area is 146 Å². The number of carbonyl (C=O) groups excluding carboxylic acids is 1. The zero-order chi connectivity index (χ0) is 16.7. The number of hydrogen-bond donors (Lipinski definition) is 1. The minimum absolute atomic E-state index is 0.105. The van der Waals surface area contributed by atoms with Crippen LogP contribution >= 0.6 is 23.5 Å². The summed E-state index contributed by atoms with van der Waals surface area (Å²) in [6.45, 7) is 0. The standard InChI is InChI=1S/C17H13NO4S2/c19-15-14(16-18(15)12(17(20)21)7-9-23-16)24-11-5-3-10(4-6-11)13-2-1-8-22-13/h1-8,14,16H,9H2,(H,20,21)/t14?,16-/m0/s1. The van der Waals surface area contributed by atoms with Gasteiger partial charge < -0.3 is 9.52 Å². The number of furan rings is 1. The summed E-state index contributed by atoms with van der Waals surface area (Å²) in [6, 6.07) is 11.6. The average molecular weight is 359 g/mol. The minimum Gasteiger partial charge on any atom is -0.477 e. The van der Waals surface area contributed by atoms with Crippen LogP contribution in [0.2, 0.25) is 0 Å². The molecule has 1 unspecified atom stereocenters. The lowest BCUT2D eigenvalue weighted by Crippen LogP contribution is -2.62. The van der Waals surface area contributed by atoms with Crippen molar-refractivity contribution in [1.29, 1.82) is 0 Å². The molecule has 0 saturated carbocycles. The molecule has 1 aromatic heterocycles. The molecular formula is C17H13NO4S2. The van der Waals surface area contributed by atoms with E-state index < -0.39 is 5.97 Å². The molecule has 2 aliphatic rings. The fourth-order valence-corrected chi connectivity index (χ4v) is 5.32. The number of hydrogen-bond acceptors (Lipinski definition) is 5. The summed E-state index contributed by atoms with van der Waals surface area (Å²) in [5, 5.41) is 8.84. The van der Waals surface area contributed by atoms with Gasteiger partial charge in [0.2, 0.25) is 5.91 Å². The minimum atomic E-state index is -1.04. The Morgan fingerprint density at radius 1 is 1.29 bits per heavy atom. The van der Waals surface area contributed by atoms with Crippen molar-refractivity contribution in [2.24, 2.45) is 0 Å². The van der Waals surface area contributed by atoms with Crippen molar-refractivity contribution in [2.45, 2.75) is 15.5 Å². The van der Waals surface area contributed by atoms with E-state index in [2.05, 4.69) is 0 Å². The second-order valence-electron chi connectivity index (χ2n) is 5.37. The Morgan fingerprint density at radius 3 is 2.75 bits per heavy atom. The SMILES string of the molecule is O=C(O)C1=CCS[C@H]2C(Sc3ccc(-c4ccco4)cc3)C(=O)N12. The Kier molecular flexibility index (Phi) is 3.90. The van der Waals surface area contributed by atoms with E-state index in [0.29, 0.717) is 5.75 Å². The molecule has 1 N–H and O–H groups in total. The van der Waals surface area contributed by atoms with Gasteiger partial charge in [0.25, 0.3) is 0 Å². The summed E-state index contributed by atoms with van der Waals surface area (Å²) >= 11 is 3.08. The topological polar surface area (TPSA) is 70.7 Å². The maximum atomic E-state index is 12.3. The van der Waals surface area contributed by atoms with Crippen LogP contribution in [-0.2, 0) is 9.59 Å². The van der Waals surface area contributed by atoms with Crippen LogP contribution in [0, 0.1) is 0 Å². The van der Waals surface area contributed by atoms with Crippen LogP contribution < -0.4 is 0 Å². The molecule has 1 amide bonds. The van der Waals surface area contributed by atoms with Crippen LogP contribution in [0.4, 0.5) is 0 Å². The maximum absolute atomic E-state index is 12.3. The number of carboxylic acid groups (broad SMARTS) is 1. The molecule has 7 heteroatoms. The first-order chi connectivity index (χ1) is 11.6. The monoisotopic (exact) mass is 359 g/mol. The van der Waals surface area contributed by atoms with Crippen LogP contribution in [0.1, 0.15) is 0 Å². The van der Waals surface area contributed by atoms with Gasteiger partial charge in [-0.15, -0.1) is 23.5 Å². The van der Waals surface area contributed by atoms with E-state index in [4.69, 9.17) is 4.42 Å². The fourth-order valence-electron chi connectivity index (χ4n) is 2.77. The number of nitrogens with zero attached hydrogens (tertiary/aromatic N) is 1. The van der Waals surface area contributed by atoms with Gasteiger partial charge in [0.1, 0.15) is 22.1 Å². The van der Waals surface area contributed by atoms with Crippen LogP contribution in [0.25, 0.3) is 11.3 Å². The summed E-state index contributed by atoms with van der Waals surface area (Å²) in [5.41, 5.74) is 1.09. The highest BCUT2D eigenvalue weighted by molar-refractivity contribution is 8.04. The van der Waals surface area contributed by atoms with Crippen molar-refractivity contribution < 1.29 is 19.1 Å². The summed E-state index contributed by atoms with van der Waals surface area (Å²) in [7, 11) is 0. The average Bonchev–Trinajstić information content (AvgIpc) is 3.13. The molecular weight excluding hydrogens is 346 g/mol. The number of fused-ring (bicyclic) bond motifs is 1. The van der Waals surface area contributed by atoms with Crippen LogP contribution in [0.3, 0.4) is 0 Å². The molecule has 0 aliphatic carbocycles. The Morgan fingerprint density at radius 2 is 2.08 bits per heavy atom. The first-order valence-corrected chi connectivity index (χ1v) is 9.27. The van der Waals surface area contributed by atoms with Crippen molar-refractivity contribution in [2.75, 3.05) is 5.75 Å². The molecule has 5 nitrogen and oxygen atoms in total. The number of benzene rings is 1. The zero-order valence-electron chi connectivity index (χ0n) is 12.4. The second-order valence-corrected chi connectivity index (χ2v) is 7.73. The molecule has 1 saturated heterocycles. The van der Waals surface area contributed by atoms with Gasteiger partial charge in [-0.25, -0.2) is 4.79 Å². The van der Waals surface area contributed by atoms with Crippen molar-refractivity contribution in [3.8, 4) is 11.3 Å². The Hall–Kier alpha value is -2.12. The Bertz CT molecular complexity index is 814. The molecule has 2 aromatic rings. The van der Waals surface area contributed by atoms with Gasteiger partial charge in [0.05, 0.1) is 6.26 Å². The number of carbonyl (C=O) groups is 2. The third-order valence-corrected chi connectivity index (χ3v) is 6.55. The summed E-state index contributed by atoms with van der Waals surface area (Å²) in [4.78, 5) is 25.9. The lowest BCUT2D eigenvalue weighted by atomic mass is 10.1. The molecule has 2 aliphatic heterocycles. The van der Waals surface area contributed by atoms with Gasteiger partial charge >= 0.3 is 5.97 Å².